The summed E-state index contributed by atoms with van der Waals surface area (Å²) in [5.41, 5.74) is 5.77. The average Bonchev–Trinajstić information content (AvgIpc) is 2.06. The van der Waals surface area contributed by atoms with Gasteiger partial charge < -0.3 is 4.23 Å². The minimum Gasteiger partial charge on any atom is -0.424 e. The molecule has 0 saturated heterocycles. The van der Waals surface area contributed by atoms with Gasteiger partial charge in [-0.2, -0.15) is 0 Å². The van der Waals surface area contributed by atoms with Crippen molar-refractivity contribution in [3.05, 3.63) is 28.8 Å². The monoisotopic (exact) mass is 279 g/mol. The maximum atomic E-state index is 2.82. The van der Waals surface area contributed by atoms with Crippen molar-refractivity contribution in [2.24, 2.45) is 0 Å². The molecule has 0 atom stereocenters. The summed E-state index contributed by atoms with van der Waals surface area (Å²) in [6.45, 7) is 21.5. The summed E-state index contributed by atoms with van der Waals surface area (Å²) in [6, 6.07) is 4.66. The van der Waals surface area contributed by atoms with Gasteiger partial charge in [0.05, 0.1) is 0 Å². The summed E-state index contributed by atoms with van der Waals surface area (Å²) < 4.78 is 2.82. The van der Waals surface area contributed by atoms with Crippen LogP contribution < -0.4 is 4.23 Å². The van der Waals surface area contributed by atoms with E-state index in [0.717, 1.165) is 0 Å². The molecule has 18 heavy (non-hydrogen) atoms. The third-order valence-electron chi connectivity index (χ3n) is 3.20. The smallest absolute Gasteiger partial charge is 0.138 e. The fourth-order valence-electron chi connectivity index (χ4n) is 3.20. The van der Waals surface area contributed by atoms with Crippen LogP contribution in [0.4, 0.5) is 5.69 Å². The molecular formula is C15H29NSi2. The molecule has 0 N–H and O–H groups in total. The summed E-state index contributed by atoms with van der Waals surface area (Å²) in [7, 11) is -2.70. The van der Waals surface area contributed by atoms with Crippen LogP contribution in [0.1, 0.15) is 16.7 Å². The van der Waals surface area contributed by atoms with Crippen molar-refractivity contribution in [1.29, 1.82) is 0 Å². The molecule has 0 aliphatic carbocycles. The second-order valence-electron chi connectivity index (χ2n) is 7.42. The SMILES string of the molecule is Cc1cc(C)c(N([Si](C)(C)C)[Si](C)(C)C)c(C)c1. The van der Waals surface area contributed by atoms with Crippen LogP contribution in [0.5, 0.6) is 0 Å². The summed E-state index contributed by atoms with van der Waals surface area (Å²) in [5.74, 6) is 0. The van der Waals surface area contributed by atoms with Crippen LogP contribution in [-0.4, -0.2) is 16.5 Å². The Labute approximate surface area is 115 Å². The van der Waals surface area contributed by atoms with Crippen molar-refractivity contribution in [2.45, 2.75) is 60.1 Å². The molecule has 102 valence electrons. The van der Waals surface area contributed by atoms with E-state index >= 15 is 0 Å². The average molecular weight is 280 g/mol. The van der Waals surface area contributed by atoms with Crippen molar-refractivity contribution < 1.29 is 0 Å². The van der Waals surface area contributed by atoms with Gasteiger partial charge in [0.1, 0.15) is 16.5 Å². The summed E-state index contributed by atoms with van der Waals surface area (Å²) in [4.78, 5) is 0. The number of hydrogen-bond donors (Lipinski definition) is 0. The van der Waals surface area contributed by atoms with Crippen LogP contribution in [0.2, 0.25) is 39.3 Å². The van der Waals surface area contributed by atoms with E-state index in [2.05, 4.69) is 76.4 Å². The molecule has 1 nitrogen and oxygen atoms in total. The highest BCUT2D eigenvalue weighted by molar-refractivity contribution is 6.99. The van der Waals surface area contributed by atoms with Crippen LogP contribution in [0.15, 0.2) is 12.1 Å². The predicted molar refractivity (Wildman–Crippen MR) is 89.8 cm³/mol. The molecule has 0 saturated carbocycles. The lowest BCUT2D eigenvalue weighted by Gasteiger charge is -2.47. The Morgan fingerprint density at radius 2 is 1.06 bits per heavy atom. The molecule has 0 aliphatic heterocycles. The van der Waals surface area contributed by atoms with E-state index < -0.39 is 16.5 Å². The van der Waals surface area contributed by atoms with Crippen molar-refractivity contribution in [2.75, 3.05) is 4.23 Å². The van der Waals surface area contributed by atoms with Gasteiger partial charge in [-0.1, -0.05) is 57.0 Å². The molecule has 1 rings (SSSR count). The Kier molecular flexibility index (Phi) is 4.18. The summed E-state index contributed by atoms with van der Waals surface area (Å²) in [6.07, 6.45) is 0. The zero-order valence-electron chi connectivity index (χ0n) is 13.6. The second kappa shape index (κ2) is 4.85. The Morgan fingerprint density at radius 3 is 1.33 bits per heavy atom. The van der Waals surface area contributed by atoms with E-state index in [4.69, 9.17) is 0 Å². The third-order valence-corrected chi connectivity index (χ3v) is 10.4. The third kappa shape index (κ3) is 3.26. The Hall–Kier alpha value is -0.546. The van der Waals surface area contributed by atoms with E-state index in [1.165, 1.54) is 22.4 Å². The zero-order valence-corrected chi connectivity index (χ0v) is 15.6. The first-order valence-corrected chi connectivity index (χ1v) is 13.7. The van der Waals surface area contributed by atoms with Gasteiger partial charge in [-0.3, -0.25) is 0 Å². The van der Waals surface area contributed by atoms with E-state index in [1.807, 2.05) is 0 Å². The number of aryl methyl sites for hydroxylation is 3. The minimum absolute atomic E-state index is 1.35. The van der Waals surface area contributed by atoms with Crippen molar-refractivity contribution in [3.63, 3.8) is 0 Å². The first kappa shape index (κ1) is 15.5. The molecule has 0 fully saturated rings. The van der Waals surface area contributed by atoms with Gasteiger partial charge in [0, 0.05) is 5.69 Å². The molecular weight excluding hydrogens is 250 g/mol. The maximum absolute atomic E-state index is 2.82. The number of anilines is 1. The van der Waals surface area contributed by atoms with Gasteiger partial charge >= 0.3 is 0 Å². The molecule has 0 bridgehead atoms. The normalized spacial score (nSPS) is 12.7. The molecule has 0 heterocycles. The fourth-order valence-corrected chi connectivity index (χ4v) is 13.3. The lowest BCUT2D eigenvalue weighted by molar-refractivity contribution is 1.24. The number of nitrogens with zero attached hydrogens (tertiary/aromatic N) is 1. The van der Waals surface area contributed by atoms with Crippen LogP contribution in [0.3, 0.4) is 0 Å². The Bertz CT molecular complexity index is 402. The lowest BCUT2D eigenvalue weighted by Crippen LogP contribution is -2.60. The van der Waals surface area contributed by atoms with Crippen LogP contribution >= 0.6 is 0 Å². The molecule has 3 heteroatoms. The number of benzene rings is 1. The van der Waals surface area contributed by atoms with E-state index in [1.54, 1.807) is 0 Å². The van der Waals surface area contributed by atoms with Gasteiger partial charge in [-0.25, -0.2) is 0 Å². The van der Waals surface area contributed by atoms with Crippen LogP contribution in [-0.2, 0) is 0 Å². The molecule has 1 aromatic carbocycles. The molecule has 0 aromatic heterocycles. The number of rotatable bonds is 3. The van der Waals surface area contributed by atoms with Crippen molar-refractivity contribution >= 4 is 22.2 Å². The van der Waals surface area contributed by atoms with Crippen LogP contribution in [0.25, 0.3) is 0 Å². The fraction of sp³-hybridized carbons (Fsp3) is 0.600. The highest BCUT2D eigenvalue weighted by Crippen LogP contribution is 2.34. The summed E-state index contributed by atoms with van der Waals surface area (Å²) >= 11 is 0. The molecule has 0 amide bonds. The largest absolute Gasteiger partial charge is 0.424 e. The summed E-state index contributed by atoms with van der Waals surface area (Å²) in [5, 5.41) is 0. The van der Waals surface area contributed by atoms with Crippen molar-refractivity contribution in [1.82, 2.24) is 0 Å². The first-order valence-electron chi connectivity index (χ1n) is 6.83. The standard InChI is InChI=1S/C15H29NSi2/c1-12-10-13(2)15(14(3)11-12)16(17(4,5)6)18(7,8)9/h10-11H,1-9H3. The topological polar surface area (TPSA) is 3.24 Å². The molecule has 0 unspecified atom stereocenters. The molecule has 0 radical (unpaired) electrons. The van der Waals surface area contributed by atoms with E-state index in [-0.39, 0.29) is 0 Å². The van der Waals surface area contributed by atoms with Gasteiger partial charge in [0.25, 0.3) is 0 Å². The number of hydrogen-bond acceptors (Lipinski definition) is 1. The molecule has 1 aromatic rings. The van der Waals surface area contributed by atoms with Gasteiger partial charge in [-0.05, 0) is 31.9 Å². The predicted octanol–water partition coefficient (Wildman–Crippen LogP) is 5.09. The first-order chi connectivity index (χ1) is 7.94. The Morgan fingerprint density at radius 1 is 0.722 bits per heavy atom. The zero-order chi connectivity index (χ0) is 14.3. The van der Waals surface area contributed by atoms with E-state index in [9.17, 15) is 0 Å². The highest BCUT2D eigenvalue weighted by atomic mass is 28.4. The molecule has 0 aliphatic rings. The van der Waals surface area contributed by atoms with Crippen LogP contribution in [0, 0.1) is 20.8 Å². The van der Waals surface area contributed by atoms with Crippen molar-refractivity contribution in [3.8, 4) is 0 Å². The maximum Gasteiger partial charge on any atom is 0.138 e. The van der Waals surface area contributed by atoms with Gasteiger partial charge in [0.15, 0.2) is 0 Å². The Balaban J connectivity index is 3.50. The van der Waals surface area contributed by atoms with E-state index in [0.29, 0.717) is 0 Å². The van der Waals surface area contributed by atoms with Gasteiger partial charge in [0.2, 0.25) is 0 Å². The minimum atomic E-state index is -1.35. The molecule has 0 spiro atoms. The lowest BCUT2D eigenvalue weighted by atomic mass is 10.1. The highest BCUT2D eigenvalue weighted by Gasteiger charge is 2.35. The van der Waals surface area contributed by atoms with Gasteiger partial charge in [-0.15, -0.1) is 0 Å². The quantitative estimate of drug-likeness (QED) is 0.697. The second-order valence-corrected chi connectivity index (χ2v) is 17.4.